The van der Waals surface area contributed by atoms with E-state index < -0.39 is 0 Å². The Balaban J connectivity index is 1.35. The van der Waals surface area contributed by atoms with Crippen molar-refractivity contribution in [2.24, 2.45) is 7.05 Å². The van der Waals surface area contributed by atoms with Crippen LogP contribution in [-0.4, -0.2) is 59.4 Å². The van der Waals surface area contributed by atoms with Crippen LogP contribution in [0.25, 0.3) is 31.0 Å². The Bertz CT molecular complexity index is 1340. The van der Waals surface area contributed by atoms with E-state index >= 15 is 0 Å². The van der Waals surface area contributed by atoms with Gasteiger partial charge in [0.05, 0.1) is 22.4 Å². The summed E-state index contributed by atoms with van der Waals surface area (Å²) in [5, 5.41) is 6.60. The van der Waals surface area contributed by atoms with Crippen molar-refractivity contribution in [1.29, 1.82) is 0 Å². The predicted molar refractivity (Wildman–Crippen MR) is 144 cm³/mol. The van der Waals surface area contributed by atoms with Gasteiger partial charge in [0.25, 0.3) is 0 Å². The summed E-state index contributed by atoms with van der Waals surface area (Å²) in [4.78, 5) is 21.5. The average molecular weight is 529 g/mol. The molecule has 1 fully saturated rings. The van der Waals surface area contributed by atoms with Gasteiger partial charge in [-0.1, -0.05) is 13.3 Å². The lowest BCUT2D eigenvalue weighted by atomic mass is 9.95. The number of fused-ring (bicyclic) bond motifs is 2. The Hall–Kier alpha value is -2.69. The first kappa shape index (κ1) is 25.0. The number of amides is 1. The number of hydrogen-bond acceptors (Lipinski definition) is 8. The fraction of sp³-hybridized carbons (Fsp3) is 0.500. The maximum atomic E-state index is 12.3. The quantitative estimate of drug-likeness (QED) is 0.197. The van der Waals surface area contributed by atoms with Gasteiger partial charge in [0.15, 0.2) is 6.79 Å². The number of methoxy groups -OCH3 is 1. The molecule has 0 saturated carbocycles. The van der Waals surface area contributed by atoms with Gasteiger partial charge in [-0.3, -0.25) is 4.68 Å². The molecule has 1 aliphatic rings. The number of hydrogen-bond donors (Lipinski definition) is 0. The minimum absolute atomic E-state index is 0.168. The van der Waals surface area contributed by atoms with E-state index in [1.165, 1.54) is 9.58 Å². The number of thiophene rings is 1. The van der Waals surface area contributed by atoms with Crippen LogP contribution in [0.1, 0.15) is 49.0 Å². The van der Waals surface area contributed by atoms with Crippen molar-refractivity contribution in [2.75, 3.05) is 33.6 Å². The van der Waals surface area contributed by atoms with E-state index in [0.29, 0.717) is 12.5 Å². The summed E-state index contributed by atoms with van der Waals surface area (Å²) >= 11 is 3.45. The Labute approximate surface area is 218 Å². The number of unbranched alkanes of at least 4 members (excludes halogenated alkanes) is 1. The minimum atomic E-state index is -0.173. The second-order valence-electron chi connectivity index (χ2n) is 9.24. The molecule has 4 heterocycles. The summed E-state index contributed by atoms with van der Waals surface area (Å²) in [6.45, 7) is 6.28. The van der Waals surface area contributed by atoms with Gasteiger partial charge in [0.1, 0.15) is 15.6 Å². The molecule has 3 aromatic heterocycles. The summed E-state index contributed by atoms with van der Waals surface area (Å²) in [6.07, 6.45) is 5.70. The van der Waals surface area contributed by atoms with Crippen LogP contribution in [0.3, 0.4) is 0 Å². The first-order valence-electron chi connectivity index (χ1n) is 12.4. The number of nitrogens with zero attached hydrogens (tertiary/aromatic N) is 4. The number of ether oxygens (including phenoxy) is 3. The summed E-state index contributed by atoms with van der Waals surface area (Å²) in [5.41, 5.74) is 2.88. The van der Waals surface area contributed by atoms with Crippen molar-refractivity contribution in [1.82, 2.24) is 19.7 Å². The summed E-state index contributed by atoms with van der Waals surface area (Å²) in [7, 11) is 3.55. The second-order valence-corrected chi connectivity index (χ2v) is 11.3. The zero-order chi connectivity index (χ0) is 25.2. The molecule has 1 amide bonds. The van der Waals surface area contributed by atoms with Crippen LogP contribution >= 0.6 is 22.7 Å². The summed E-state index contributed by atoms with van der Waals surface area (Å²) in [5.74, 6) is 1.22. The van der Waals surface area contributed by atoms with Gasteiger partial charge in [-0.2, -0.15) is 5.10 Å². The van der Waals surface area contributed by atoms with E-state index in [2.05, 4.69) is 24.2 Å². The highest BCUT2D eigenvalue weighted by molar-refractivity contribution is 7.28. The van der Waals surface area contributed by atoms with Crippen LogP contribution in [0.5, 0.6) is 5.75 Å². The largest absolute Gasteiger partial charge is 0.466 e. The smallest absolute Gasteiger partial charge is 0.409 e. The Morgan fingerprint density at radius 2 is 2.03 bits per heavy atom. The first-order valence-corrected chi connectivity index (χ1v) is 14.0. The Morgan fingerprint density at radius 3 is 2.75 bits per heavy atom. The molecule has 4 aromatic rings. The topological polar surface area (TPSA) is 78.7 Å². The highest BCUT2D eigenvalue weighted by Crippen LogP contribution is 2.44. The molecular formula is C26H32N4O4S2. The molecule has 36 heavy (non-hydrogen) atoms. The Morgan fingerprint density at radius 1 is 1.22 bits per heavy atom. The van der Waals surface area contributed by atoms with Crippen LogP contribution in [0, 0.1) is 6.92 Å². The van der Waals surface area contributed by atoms with Gasteiger partial charge in [-0.15, -0.1) is 22.7 Å². The molecule has 0 aliphatic carbocycles. The summed E-state index contributed by atoms with van der Waals surface area (Å²) in [6, 6.07) is 4.39. The monoisotopic (exact) mass is 528 g/mol. The standard InChI is InChI=1S/C26H32N4O4S2/c1-5-6-11-33-26(31)30-9-7-17(8-10-30)20-13-21-25(35-20)27-24(36-21)19-12-18-14-29(3)28-22(18)16(2)23(19)34-15-32-4/h12-14,17H,5-11,15H2,1-4H3. The van der Waals surface area contributed by atoms with Crippen molar-refractivity contribution >= 4 is 49.2 Å². The predicted octanol–water partition coefficient (Wildman–Crippen LogP) is 6.32. The van der Waals surface area contributed by atoms with Crippen molar-refractivity contribution in [2.45, 2.75) is 45.4 Å². The molecule has 192 valence electrons. The van der Waals surface area contributed by atoms with Crippen LogP contribution in [0.15, 0.2) is 18.3 Å². The normalized spacial score (nSPS) is 14.7. The number of aryl methyl sites for hydroxylation is 2. The number of piperidine rings is 1. The van der Waals surface area contributed by atoms with E-state index in [4.69, 9.17) is 19.2 Å². The molecular weight excluding hydrogens is 496 g/mol. The van der Waals surface area contributed by atoms with Crippen LogP contribution in [0.2, 0.25) is 0 Å². The third kappa shape index (κ3) is 4.94. The van der Waals surface area contributed by atoms with Crippen molar-refractivity contribution in [3.8, 4) is 16.3 Å². The van der Waals surface area contributed by atoms with Gasteiger partial charge in [-0.25, -0.2) is 9.78 Å². The number of rotatable bonds is 8. The van der Waals surface area contributed by atoms with Gasteiger partial charge >= 0.3 is 6.09 Å². The van der Waals surface area contributed by atoms with Gasteiger partial charge < -0.3 is 19.1 Å². The van der Waals surface area contributed by atoms with Crippen LogP contribution in [-0.2, 0) is 16.5 Å². The average Bonchev–Trinajstić information content (AvgIpc) is 3.56. The number of carbonyl (C=O) groups excluding carboxylic acids is 1. The van der Waals surface area contributed by atoms with E-state index in [0.717, 1.165) is 76.4 Å². The molecule has 0 radical (unpaired) electrons. The highest BCUT2D eigenvalue weighted by atomic mass is 32.1. The van der Waals surface area contributed by atoms with E-state index in [1.54, 1.807) is 29.8 Å². The molecule has 0 N–H and O–H groups in total. The van der Waals surface area contributed by atoms with Crippen molar-refractivity contribution < 1.29 is 19.0 Å². The number of carbonyl (C=O) groups is 1. The number of aromatic nitrogens is 3. The lowest BCUT2D eigenvalue weighted by Crippen LogP contribution is -2.38. The van der Waals surface area contributed by atoms with E-state index in [9.17, 15) is 4.79 Å². The molecule has 0 atom stereocenters. The van der Waals surface area contributed by atoms with E-state index in [1.807, 2.05) is 29.7 Å². The maximum absolute atomic E-state index is 12.3. The Kier molecular flexibility index (Phi) is 7.45. The minimum Gasteiger partial charge on any atom is -0.466 e. The lowest BCUT2D eigenvalue weighted by Gasteiger charge is -2.30. The lowest BCUT2D eigenvalue weighted by molar-refractivity contribution is 0.0511. The number of thiazole rings is 1. The molecule has 0 spiro atoms. The first-order chi connectivity index (χ1) is 17.5. The third-order valence-corrected chi connectivity index (χ3v) is 8.99. The van der Waals surface area contributed by atoms with Crippen molar-refractivity contribution in [3.05, 3.63) is 28.8 Å². The van der Waals surface area contributed by atoms with Gasteiger partial charge in [0.2, 0.25) is 0 Å². The van der Waals surface area contributed by atoms with Gasteiger partial charge in [-0.05, 0) is 44.2 Å². The molecule has 0 unspecified atom stereocenters. The molecule has 5 rings (SSSR count). The second kappa shape index (κ2) is 10.7. The highest BCUT2D eigenvalue weighted by Gasteiger charge is 2.27. The van der Waals surface area contributed by atoms with Crippen molar-refractivity contribution in [3.63, 3.8) is 0 Å². The molecule has 1 aromatic carbocycles. The fourth-order valence-electron chi connectivity index (χ4n) is 4.71. The van der Waals surface area contributed by atoms with Crippen LogP contribution < -0.4 is 4.74 Å². The zero-order valence-electron chi connectivity index (χ0n) is 21.2. The van der Waals surface area contributed by atoms with Gasteiger partial charge in [0, 0.05) is 49.3 Å². The number of benzene rings is 1. The fourth-order valence-corrected chi connectivity index (χ4v) is 7.11. The van der Waals surface area contributed by atoms with Crippen LogP contribution in [0.4, 0.5) is 4.79 Å². The number of likely N-dealkylation sites (tertiary alicyclic amines) is 1. The summed E-state index contributed by atoms with van der Waals surface area (Å²) < 4.78 is 19.6. The third-order valence-electron chi connectivity index (χ3n) is 6.64. The molecule has 1 aliphatic heterocycles. The molecule has 8 nitrogen and oxygen atoms in total. The SMILES string of the molecule is CCCCOC(=O)N1CCC(c2cc3sc(-c4cc5cn(C)nc5c(C)c4OCOC)nc3s2)CC1. The molecule has 1 saturated heterocycles. The van der Waals surface area contributed by atoms with E-state index in [-0.39, 0.29) is 12.9 Å². The molecule has 10 heteroatoms. The molecule has 0 bridgehead atoms. The zero-order valence-corrected chi connectivity index (χ0v) is 22.8. The maximum Gasteiger partial charge on any atom is 0.409 e.